The number of guanidine groups is 1. The van der Waals surface area contributed by atoms with Gasteiger partial charge in [-0.15, -0.1) is 0 Å². The number of nitro benzene ring substituents is 1. The zero-order valence-electron chi connectivity index (χ0n) is 15.0. The molecule has 0 radical (unpaired) electrons. The fourth-order valence-electron chi connectivity index (χ4n) is 2.44. The van der Waals surface area contributed by atoms with Crippen LogP contribution < -0.4 is 15.8 Å². The van der Waals surface area contributed by atoms with Crippen molar-refractivity contribution in [2.45, 2.75) is 18.7 Å². The van der Waals surface area contributed by atoms with Crippen LogP contribution in [0.15, 0.2) is 52.4 Å². The molecule has 0 aromatic heterocycles. The molecule has 0 aliphatic carbocycles. The van der Waals surface area contributed by atoms with Gasteiger partial charge < -0.3 is 11.1 Å². The van der Waals surface area contributed by atoms with Crippen LogP contribution >= 0.6 is 0 Å². The standard InChI is InChI=1S/C17H21N5O4S/c1-12-8-13(2)10-14(9-12)21-17(18)19-6-7-20-27(25,26)16-5-3-4-15(11-16)22(23)24/h3-5,8-11,20H,6-7H2,1-2H3,(H3,18,19,21). The van der Waals surface area contributed by atoms with E-state index in [0.717, 1.165) is 22.9 Å². The van der Waals surface area contributed by atoms with Gasteiger partial charge in [0.05, 0.1) is 16.4 Å². The van der Waals surface area contributed by atoms with E-state index in [1.165, 1.54) is 18.2 Å². The summed E-state index contributed by atoms with van der Waals surface area (Å²) in [6, 6.07) is 10.7. The van der Waals surface area contributed by atoms with Crippen LogP contribution in [0.5, 0.6) is 0 Å². The minimum absolute atomic E-state index is 0.000248. The summed E-state index contributed by atoms with van der Waals surface area (Å²) < 4.78 is 26.7. The molecule has 2 aromatic carbocycles. The van der Waals surface area contributed by atoms with Gasteiger partial charge in [0.2, 0.25) is 10.0 Å². The molecule has 0 fully saturated rings. The van der Waals surface area contributed by atoms with Gasteiger partial charge in [-0.25, -0.2) is 13.1 Å². The molecule has 0 saturated carbocycles. The van der Waals surface area contributed by atoms with Crippen molar-refractivity contribution in [2.75, 3.05) is 18.4 Å². The van der Waals surface area contributed by atoms with Crippen LogP contribution in [0.4, 0.5) is 11.4 Å². The number of hydrogen-bond donors (Lipinski definition) is 3. The number of anilines is 1. The zero-order chi connectivity index (χ0) is 20.0. The fourth-order valence-corrected chi connectivity index (χ4v) is 3.50. The van der Waals surface area contributed by atoms with E-state index in [4.69, 9.17) is 5.73 Å². The number of rotatable bonds is 7. The maximum absolute atomic E-state index is 12.2. The number of aryl methyl sites for hydroxylation is 2. The highest BCUT2D eigenvalue weighted by molar-refractivity contribution is 7.89. The molecule has 0 heterocycles. The van der Waals surface area contributed by atoms with Crippen LogP contribution in [0.3, 0.4) is 0 Å². The van der Waals surface area contributed by atoms with Gasteiger partial charge in [-0.1, -0.05) is 12.1 Å². The minimum Gasteiger partial charge on any atom is -0.370 e. The molecule has 0 bridgehead atoms. The average Bonchev–Trinajstić information content (AvgIpc) is 2.58. The summed E-state index contributed by atoms with van der Waals surface area (Å²) in [7, 11) is -3.87. The van der Waals surface area contributed by atoms with Gasteiger partial charge >= 0.3 is 0 Å². The molecule has 0 spiro atoms. The maximum atomic E-state index is 12.2. The second-order valence-electron chi connectivity index (χ2n) is 5.92. The van der Waals surface area contributed by atoms with Gasteiger partial charge in [0.1, 0.15) is 0 Å². The van der Waals surface area contributed by atoms with Crippen LogP contribution in [-0.4, -0.2) is 32.4 Å². The quantitative estimate of drug-likeness (QED) is 0.217. The number of nitrogens with one attached hydrogen (secondary N) is 2. The molecule has 2 rings (SSSR count). The number of nitrogens with two attached hydrogens (primary N) is 1. The number of nitrogens with zero attached hydrogens (tertiary/aromatic N) is 2. The predicted molar refractivity (Wildman–Crippen MR) is 104 cm³/mol. The highest BCUT2D eigenvalue weighted by Crippen LogP contribution is 2.17. The Hall–Kier alpha value is -2.98. The van der Waals surface area contributed by atoms with Gasteiger partial charge in [-0.05, 0) is 43.2 Å². The molecule has 0 aliphatic heterocycles. The number of hydrogen-bond acceptors (Lipinski definition) is 5. The first-order valence-electron chi connectivity index (χ1n) is 8.07. The third-order valence-electron chi connectivity index (χ3n) is 3.52. The first-order chi connectivity index (χ1) is 12.7. The Morgan fingerprint density at radius 3 is 2.48 bits per heavy atom. The van der Waals surface area contributed by atoms with Crippen LogP contribution in [0.2, 0.25) is 0 Å². The van der Waals surface area contributed by atoms with Gasteiger partial charge in [-0.2, -0.15) is 0 Å². The molecule has 4 N–H and O–H groups in total. The van der Waals surface area contributed by atoms with Gasteiger partial charge in [0.15, 0.2) is 5.96 Å². The van der Waals surface area contributed by atoms with Gasteiger partial charge in [-0.3, -0.25) is 15.1 Å². The highest BCUT2D eigenvalue weighted by atomic mass is 32.2. The van der Waals surface area contributed by atoms with E-state index in [1.54, 1.807) is 0 Å². The van der Waals surface area contributed by atoms with Crippen LogP contribution in [0, 0.1) is 24.0 Å². The van der Waals surface area contributed by atoms with Crippen molar-refractivity contribution in [1.29, 1.82) is 0 Å². The van der Waals surface area contributed by atoms with E-state index < -0.39 is 14.9 Å². The molecule has 0 amide bonds. The molecule has 10 heteroatoms. The molecular weight excluding hydrogens is 370 g/mol. The highest BCUT2D eigenvalue weighted by Gasteiger charge is 2.16. The Kier molecular flexibility index (Phi) is 6.48. The van der Waals surface area contributed by atoms with Crippen LogP contribution in [-0.2, 0) is 10.0 Å². The summed E-state index contributed by atoms with van der Waals surface area (Å²) in [4.78, 5) is 14.0. The lowest BCUT2D eigenvalue weighted by atomic mass is 10.1. The molecular formula is C17H21N5O4S. The fraction of sp³-hybridized carbons (Fsp3) is 0.235. The normalized spacial score (nSPS) is 12.0. The Balaban J connectivity index is 1.93. The molecule has 144 valence electrons. The van der Waals surface area contributed by atoms with Gasteiger partial charge in [0, 0.05) is 24.4 Å². The first-order valence-corrected chi connectivity index (χ1v) is 9.55. The Morgan fingerprint density at radius 1 is 1.19 bits per heavy atom. The Labute approximate surface area is 157 Å². The summed E-state index contributed by atoms with van der Waals surface area (Å²) in [5.41, 5.74) is 8.47. The van der Waals surface area contributed by atoms with E-state index >= 15 is 0 Å². The summed E-state index contributed by atoms with van der Waals surface area (Å²) in [5.74, 6) is 0.162. The lowest BCUT2D eigenvalue weighted by Crippen LogP contribution is -2.28. The number of sulfonamides is 1. The molecule has 27 heavy (non-hydrogen) atoms. The molecule has 0 saturated heterocycles. The van der Waals surface area contributed by atoms with E-state index in [2.05, 4.69) is 15.0 Å². The first kappa shape index (κ1) is 20.3. The van der Waals surface area contributed by atoms with Crippen molar-refractivity contribution < 1.29 is 13.3 Å². The smallest absolute Gasteiger partial charge is 0.270 e. The summed E-state index contributed by atoms with van der Waals surface area (Å²) >= 11 is 0. The molecule has 0 unspecified atom stereocenters. The third kappa shape index (κ3) is 6.04. The van der Waals surface area contributed by atoms with E-state index in [1.807, 2.05) is 32.0 Å². The van der Waals surface area contributed by atoms with Crippen molar-refractivity contribution >= 4 is 27.4 Å². The van der Waals surface area contributed by atoms with Crippen molar-refractivity contribution in [3.8, 4) is 0 Å². The van der Waals surface area contributed by atoms with Crippen molar-refractivity contribution in [3.63, 3.8) is 0 Å². The molecule has 9 nitrogen and oxygen atoms in total. The summed E-state index contributed by atoms with van der Waals surface area (Å²) in [6.07, 6.45) is 0. The van der Waals surface area contributed by atoms with E-state index in [0.29, 0.717) is 0 Å². The van der Waals surface area contributed by atoms with Crippen LogP contribution in [0.1, 0.15) is 11.1 Å². The second kappa shape index (κ2) is 8.60. The van der Waals surface area contributed by atoms with E-state index in [9.17, 15) is 18.5 Å². The molecule has 0 aliphatic rings. The monoisotopic (exact) mass is 391 g/mol. The molecule has 2 aromatic rings. The third-order valence-corrected chi connectivity index (χ3v) is 4.98. The van der Waals surface area contributed by atoms with Gasteiger partial charge in [0.25, 0.3) is 5.69 Å². The lowest BCUT2D eigenvalue weighted by molar-refractivity contribution is -0.385. The molecule has 0 atom stereocenters. The lowest BCUT2D eigenvalue weighted by Gasteiger charge is -2.08. The number of nitro groups is 1. The SMILES string of the molecule is Cc1cc(C)cc(NC(N)=NCCNS(=O)(=O)c2cccc([N+](=O)[O-])c2)c1. The number of benzene rings is 2. The second-order valence-corrected chi connectivity index (χ2v) is 7.69. The number of aliphatic imine (C=N–C) groups is 1. The Bertz CT molecular complexity index is 953. The zero-order valence-corrected chi connectivity index (χ0v) is 15.8. The average molecular weight is 391 g/mol. The minimum atomic E-state index is -3.87. The van der Waals surface area contributed by atoms with Crippen molar-refractivity contribution in [2.24, 2.45) is 10.7 Å². The van der Waals surface area contributed by atoms with E-state index in [-0.39, 0.29) is 29.6 Å². The summed E-state index contributed by atoms with van der Waals surface area (Å²) in [6.45, 7) is 4.04. The Morgan fingerprint density at radius 2 is 1.85 bits per heavy atom. The largest absolute Gasteiger partial charge is 0.370 e. The predicted octanol–water partition coefficient (Wildman–Crippen LogP) is 1.92. The topological polar surface area (TPSA) is 140 Å². The van der Waals surface area contributed by atoms with Crippen molar-refractivity contribution in [1.82, 2.24) is 4.72 Å². The number of non-ortho nitro benzene ring substituents is 1. The maximum Gasteiger partial charge on any atom is 0.270 e. The van der Waals surface area contributed by atoms with Crippen LogP contribution in [0.25, 0.3) is 0 Å². The summed E-state index contributed by atoms with van der Waals surface area (Å²) in [5, 5.41) is 13.7. The van der Waals surface area contributed by atoms with Crippen molar-refractivity contribution in [3.05, 3.63) is 63.7 Å².